The molecule has 4 heteroatoms. The van der Waals surface area contributed by atoms with Crippen LogP contribution in [0.4, 0.5) is 0 Å². The summed E-state index contributed by atoms with van der Waals surface area (Å²) in [5.74, 6) is 1.80. The Balaban J connectivity index is 2.30. The maximum absolute atomic E-state index is 11.0. The first-order valence-electron chi connectivity index (χ1n) is 7.51. The molecule has 0 heterocycles. The third kappa shape index (κ3) is 4.05. The summed E-state index contributed by atoms with van der Waals surface area (Å²) in [6, 6.07) is 9.19. The number of aldehydes is 1. The van der Waals surface area contributed by atoms with Crippen LogP contribution in [-0.2, 0) is 6.61 Å². The van der Waals surface area contributed by atoms with Crippen LogP contribution in [0.2, 0.25) is 5.02 Å². The lowest BCUT2D eigenvalue weighted by molar-refractivity contribution is 0.112. The summed E-state index contributed by atoms with van der Waals surface area (Å²) >= 11 is 6.22. The van der Waals surface area contributed by atoms with E-state index in [9.17, 15) is 4.79 Å². The number of rotatable bonds is 6. The molecule has 0 saturated carbocycles. The first kappa shape index (κ1) is 17.4. The van der Waals surface area contributed by atoms with Gasteiger partial charge in [-0.15, -0.1) is 0 Å². The molecule has 2 rings (SSSR count). The van der Waals surface area contributed by atoms with Gasteiger partial charge in [-0.1, -0.05) is 25.4 Å². The van der Waals surface area contributed by atoms with Crippen molar-refractivity contribution in [3.05, 3.63) is 57.6 Å². The predicted molar refractivity (Wildman–Crippen MR) is 93.0 cm³/mol. The fourth-order valence-electron chi connectivity index (χ4n) is 2.39. The first-order valence-corrected chi connectivity index (χ1v) is 7.89. The number of halogens is 1. The number of ether oxygens (including phenoxy) is 2. The molecule has 0 N–H and O–H groups in total. The standard InChI is InChI=1S/C19H21ClO3/c1-12(2)16-9-17(20)13(3)7-19(16)23-11-15-8-14(10-21)5-6-18(15)22-4/h5-10,12H,11H2,1-4H3. The molecule has 0 amide bonds. The van der Waals surface area contributed by atoms with Crippen molar-refractivity contribution in [2.75, 3.05) is 7.11 Å². The van der Waals surface area contributed by atoms with Crippen molar-refractivity contribution < 1.29 is 14.3 Å². The average molecular weight is 333 g/mol. The smallest absolute Gasteiger partial charge is 0.150 e. The molecule has 0 radical (unpaired) electrons. The maximum atomic E-state index is 11.0. The number of benzene rings is 2. The summed E-state index contributed by atoms with van der Waals surface area (Å²) < 4.78 is 11.3. The number of carbonyl (C=O) groups is 1. The monoisotopic (exact) mass is 332 g/mol. The average Bonchev–Trinajstić information content (AvgIpc) is 2.54. The zero-order chi connectivity index (χ0) is 17.0. The Kier molecular flexibility index (Phi) is 5.67. The molecule has 2 aromatic rings. The fourth-order valence-corrected chi connectivity index (χ4v) is 2.56. The van der Waals surface area contributed by atoms with E-state index < -0.39 is 0 Å². The number of methoxy groups -OCH3 is 1. The Labute approximate surface area is 142 Å². The molecule has 0 unspecified atom stereocenters. The van der Waals surface area contributed by atoms with Crippen molar-refractivity contribution in [3.63, 3.8) is 0 Å². The van der Waals surface area contributed by atoms with E-state index in [0.717, 1.165) is 33.7 Å². The van der Waals surface area contributed by atoms with Gasteiger partial charge >= 0.3 is 0 Å². The Morgan fingerprint density at radius 2 is 1.91 bits per heavy atom. The van der Waals surface area contributed by atoms with Crippen molar-refractivity contribution in [1.82, 2.24) is 0 Å². The van der Waals surface area contributed by atoms with Crippen LogP contribution in [0.15, 0.2) is 30.3 Å². The van der Waals surface area contributed by atoms with E-state index >= 15 is 0 Å². The van der Waals surface area contributed by atoms with Crippen LogP contribution in [0, 0.1) is 6.92 Å². The zero-order valence-corrected chi connectivity index (χ0v) is 14.6. The van der Waals surface area contributed by atoms with Crippen LogP contribution in [0.3, 0.4) is 0 Å². The van der Waals surface area contributed by atoms with Crippen molar-refractivity contribution in [3.8, 4) is 11.5 Å². The van der Waals surface area contributed by atoms with Crippen LogP contribution in [0.1, 0.15) is 46.8 Å². The number of carbonyl (C=O) groups excluding carboxylic acids is 1. The number of hydrogen-bond acceptors (Lipinski definition) is 3. The molecule has 0 spiro atoms. The molecule has 0 atom stereocenters. The SMILES string of the molecule is COc1ccc(C=O)cc1COc1cc(C)c(Cl)cc1C(C)C. The van der Waals surface area contributed by atoms with Gasteiger partial charge in [-0.05, 0) is 54.3 Å². The summed E-state index contributed by atoms with van der Waals surface area (Å²) in [5, 5.41) is 0.738. The minimum Gasteiger partial charge on any atom is -0.496 e. The highest BCUT2D eigenvalue weighted by molar-refractivity contribution is 6.31. The van der Waals surface area contributed by atoms with Crippen molar-refractivity contribution in [2.24, 2.45) is 0 Å². The van der Waals surface area contributed by atoms with E-state index in [2.05, 4.69) is 13.8 Å². The molecule has 23 heavy (non-hydrogen) atoms. The van der Waals surface area contributed by atoms with Crippen LogP contribution in [0.5, 0.6) is 11.5 Å². The lowest BCUT2D eigenvalue weighted by atomic mass is 10.0. The van der Waals surface area contributed by atoms with Crippen LogP contribution < -0.4 is 9.47 Å². The summed E-state index contributed by atoms with van der Waals surface area (Å²) in [7, 11) is 1.60. The summed E-state index contributed by atoms with van der Waals surface area (Å²) in [5.41, 5.74) is 3.46. The molecular formula is C19H21ClO3. The van der Waals surface area contributed by atoms with Gasteiger partial charge in [-0.25, -0.2) is 0 Å². The van der Waals surface area contributed by atoms with Crippen LogP contribution in [-0.4, -0.2) is 13.4 Å². The molecular weight excluding hydrogens is 312 g/mol. The molecule has 0 saturated heterocycles. The highest BCUT2D eigenvalue weighted by atomic mass is 35.5. The Morgan fingerprint density at radius 3 is 2.52 bits per heavy atom. The fraction of sp³-hybridized carbons (Fsp3) is 0.316. The molecule has 0 bridgehead atoms. The molecule has 0 fully saturated rings. The van der Waals surface area contributed by atoms with Gasteiger partial charge in [0.25, 0.3) is 0 Å². The molecule has 0 aliphatic carbocycles. The highest BCUT2D eigenvalue weighted by Gasteiger charge is 2.13. The second-order valence-electron chi connectivity index (χ2n) is 5.77. The van der Waals surface area contributed by atoms with Gasteiger partial charge < -0.3 is 9.47 Å². The lowest BCUT2D eigenvalue weighted by Crippen LogP contribution is -2.03. The second-order valence-corrected chi connectivity index (χ2v) is 6.18. The topological polar surface area (TPSA) is 35.5 Å². The third-order valence-electron chi connectivity index (χ3n) is 3.74. The van der Waals surface area contributed by atoms with E-state index in [1.165, 1.54) is 0 Å². The minimum absolute atomic E-state index is 0.298. The van der Waals surface area contributed by atoms with Gasteiger partial charge in [0.05, 0.1) is 7.11 Å². The van der Waals surface area contributed by atoms with E-state index in [4.69, 9.17) is 21.1 Å². The van der Waals surface area contributed by atoms with Crippen LogP contribution in [0.25, 0.3) is 0 Å². The lowest BCUT2D eigenvalue weighted by Gasteiger charge is -2.17. The van der Waals surface area contributed by atoms with Crippen LogP contribution >= 0.6 is 11.6 Å². The van der Waals surface area contributed by atoms with Crippen molar-refractivity contribution in [2.45, 2.75) is 33.3 Å². The molecule has 0 aliphatic rings. The first-order chi connectivity index (χ1) is 11.0. The maximum Gasteiger partial charge on any atom is 0.150 e. The van der Waals surface area contributed by atoms with E-state index in [-0.39, 0.29) is 0 Å². The molecule has 2 aromatic carbocycles. The second kappa shape index (κ2) is 7.51. The van der Waals surface area contributed by atoms with Gasteiger partial charge in [0.1, 0.15) is 24.4 Å². The van der Waals surface area contributed by atoms with Crippen molar-refractivity contribution >= 4 is 17.9 Å². The molecule has 3 nitrogen and oxygen atoms in total. The van der Waals surface area contributed by atoms with Gasteiger partial charge in [0, 0.05) is 16.1 Å². The van der Waals surface area contributed by atoms with Gasteiger partial charge in [-0.2, -0.15) is 0 Å². The van der Waals surface area contributed by atoms with Gasteiger partial charge in [0.15, 0.2) is 0 Å². The normalized spacial score (nSPS) is 10.7. The molecule has 0 aromatic heterocycles. The predicted octanol–water partition coefficient (Wildman–Crippen LogP) is 5.17. The Hall–Kier alpha value is -2.00. The molecule has 0 aliphatic heterocycles. The Morgan fingerprint density at radius 1 is 1.17 bits per heavy atom. The van der Waals surface area contributed by atoms with Gasteiger partial charge in [-0.3, -0.25) is 4.79 Å². The summed E-state index contributed by atoms with van der Waals surface area (Å²) in [6.07, 6.45) is 0.814. The highest BCUT2D eigenvalue weighted by Crippen LogP contribution is 2.33. The number of hydrogen-bond donors (Lipinski definition) is 0. The summed E-state index contributed by atoms with van der Waals surface area (Å²) in [6.45, 7) is 6.47. The van der Waals surface area contributed by atoms with E-state index in [0.29, 0.717) is 23.8 Å². The van der Waals surface area contributed by atoms with E-state index in [1.54, 1.807) is 25.3 Å². The van der Waals surface area contributed by atoms with Crippen molar-refractivity contribution in [1.29, 1.82) is 0 Å². The number of aryl methyl sites for hydroxylation is 1. The zero-order valence-electron chi connectivity index (χ0n) is 13.9. The minimum atomic E-state index is 0.298. The van der Waals surface area contributed by atoms with E-state index in [1.807, 2.05) is 19.1 Å². The summed E-state index contributed by atoms with van der Waals surface area (Å²) in [4.78, 5) is 11.0. The largest absolute Gasteiger partial charge is 0.496 e. The third-order valence-corrected chi connectivity index (χ3v) is 4.14. The Bertz CT molecular complexity index is 708. The quantitative estimate of drug-likeness (QED) is 0.684. The van der Waals surface area contributed by atoms with Gasteiger partial charge in [0.2, 0.25) is 0 Å². The molecule has 122 valence electrons.